The molecule has 11 heteroatoms. The molecule has 0 amide bonds. The van der Waals surface area contributed by atoms with E-state index in [0.29, 0.717) is 6.07 Å². The number of nitrogens with zero attached hydrogens (tertiary/aromatic N) is 1. The first-order valence-corrected chi connectivity index (χ1v) is 6.36. The molecule has 25 heavy (non-hydrogen) atoms. The summed E-state index contributed by atoms with van der Waals surface area (Å²) >= 11 is 0. The van der Waals surface area contributed by atoms with Crippen LogP contribution in [0.15, 0.2) is 36.4 Å². The molecule has 0 radical (unpaired) electrons. The maximum atomic E-state index is 13.5. The van der Waals surface area contributed by atoms with Crippen molar-refractivity contribution in [1.29, 1.82) is 0 Å². The normalized spacial score (nSPS) is 12.2. The number of halogens is 5. The highest BCUT2D eigenvalue weighted by Gasteiger charge is 2.31. The van der Waals surface area contributed by atoms with Crippen LogP contribution in [0.3, 0.4) is 0 Å². The molecule has 0 aliphatic rings. The molecule has 0 saturated heterocycles. The summed E-state index contributed by atoms with van der Waals surface area (Å²) in [4.78, 5) is 9.80. The van der Waals surface area contributed by atoms with E-state index >= 15 is 0 Å². The maximum absolute atomic E-state index is 13.5. The third-order valence-corrected chi connectivity index (χ3v) is 3.09. The molecule has 0 unspecified atom stereocenters. The number of aromatic hydroxyl groups is 1. The van der Waals surface area contributed by atoms with Crippen LogP contribution in [0.5, 0.6) is 11.5 Å². The van der Waals surface area contributed by atoms with E-state index in [1.165, 1.54) is 12.1 Å². The summed E-state index contributed by atoms with van der Waals surface area (Å²) in [6.45, 7) is 0. The summed E-state index contributed by atoms with van der Waals surface area (Å²) in [5, 5.41) is 20.6. The van der Waals surface area contributed by atoms with Crippen LogP contribution in [-0.2, 0) is 0 Å². The van der Waals surface area contributed by atoms with Crippen LogP contribution in [-0.4, -0.2) is 16.4 Å². The van der Waals surface area contributed by atoms with Crippen LogP contribution in [0.25, 0.3) is 0 Å². The molecular formula is C14H11ClF4N2O4. The van der Waals surface area contributed by atoms with Gasteiger partial charge in [0.2, 0.25) is 0 Å². The van der Waals surface area contributed by atoms with E-state index in [4.69, 9.17) is 5.73 Å². The first kappa shape index (κ1) is 20.5. The second kappa shape index (κ2) is 7.53. The Labute approximate surface area is 144 Å². The van der Waals surface area contributed by atoms with Gasteiger partial charge >= 0.3 is 12.0 Å². The summed E-state index contributed by atoms with van der Waals surface area (Å²) < 4.78 is 53.5. The van der Waals surface area contributed by atoms with E-state index in [-0.39, 0.29) is 23.5 Å². The van der Waals surface area contributed by atoms with E-state index in [9.17, 15) is 32.8 Å². The molecule has 0 fully saturated rings. The van der Waals surface area contributed by atoms with Crippen molar-refractivity contribution < 1.29 is 32.3 Å². The lowest BCUT2D eigenvalue weighted by atomic mass is 9.98. The number of phenolic OH excluding ortho intramolecular Hbond substituents is 1. The van der Waals surface area contributed by atoms with Crippen LogP contribution >= 0.6 is 12.4 Å². The Morgan fingerprint density at radius 3 is 2.24 bits per heavy atom. The second-order valence-corrected chi connectivity index (χ2v) is 4.71. The third kappa shape index (κ3) is 4.94. The topological polar surface area (TPSA) is 98.6 Å². The smallest absolute Gasteiger partial charge is 0.502 e. The van der Waals surface area contributed by atoms with Crippen LogP contribution in [0, 0.1) is 15.9 Å². The van der Waals surface area contributed by atoms with Crippen LogP contribution < -0.4 is 10.5 Å². The van der Waals surface area contributed by atoms with Gasteiger partial charge in [-0.3, -0.25) is 10.1 Å². The zero-order valence-corrected chi connectivity index (χ0v) is 13.0. The standard InChI is InChI=1S/C14H10F4N2O4.ClH/c15-8-5-10(13(21)11(6-8)20(22)23)12(19)7-1-3-9(4-2-7)24-14(16,17)18;/h1-6,12,21H,19H2;1H/t12-;/m1./s1. The number of benzene rings is 2. The van der Waals surface area contributed by atoms with Gasteiger partial charge in [0, 0.05) is 5.56 Å². The zero-order chi connectivity index (χ0) is 18.1. The summed E-state index contributed by atoms with van der Waals surface area (Å²) in [5.41, 5.74) is 4.88. The van der Waals surface area contributed by atoms with E-state index in [0.717, 1.165) is 18.2 Å². The third-order valence-electron chi connectivity index (χ3n) is 3.09. The highest BCUT2D eigenvalue weighted by Crippen LogP contribution is 2.36. The molecule has 3 N–H and O–H groups in total. The zero-order valence-electron chi connectivity index (χ0n) is 12.2. The number of nitrogens with two attached hydrogens (primary N) is 1. The van der Waals surface area contributed by atoms with Crippen molar-refractivity contribution in [1.82, 2.24) is 0 Å². The molecule has 6 nitrogen and oxygen atoms in total. The van der Waals surface area contributed by atoms with E-state index in [1.807, 2.05) is 0 Å². The number of nitro groups is 1. The number of hydrogen-bond donors (Lipinski definition) is 2. The van der Waals surface area contributed by atoms with Gasteiger partial charge in [-0.15, -0.1) is 25.6 Å². The Morgan fingerprint density at radius 2 is 1.76 bits per heavy atom. The molecule has 0 aromatic heterocycles. The van der Waals surface area contributed by atoms with Crippen LogP contribution in [0.4, 0.5) is 23.2 Å². The number of alkyl halides is 3. The van der Waals surface area contributed by atoms with Crippen molar-refractivity contribution >= 4 is 18.1 Å². The number of ether oxygens (including phenoxy) is 1. The van der Waals surface area contributed by atoms with E-state index in [1.54, 1.807) is 0 Å². The number of phenols is 1. The Balaban J connectivity index is 0.00000312. The SMILES string of the molecule is Cl.N[C@H](c1ccc(OC(F)(F)F)cc1)c1cc(F)cc([N+](=O)[O-])c1O. The van der Waals surface area contributed by atoms with Gasteiger partial charge in [0.05, 0.1) is 17.0 Å². The lowest BCUT2D eigenvalue weighted by Crippen LogP contribution is -2.17. The molecule has 1 atom stereocenters. The Bertz CT molecular complexity index is 769. The fraction of sp³-hybridized carbons (Fsp3) is 0.143. The first-order chi connectivity index (χ1) is 11.1. The van der Waals surface area contributed by atoms with Crippen molar-refractivity contribution in [3.8, 4) is 11.5 Å². The van der Waals surface area contributed by atoms with Gasteiger partial charge < -0.3 is 15.6 Å². The van der Waals surface area contributed by atoms with E-state index in [2.05, 4.69) is 4.74 Å². The van der Waals surface area contributed by atoms with Gasteiger partial charge in [0.15, 0.2) is 5.75 Å². The molecule has 0 saturated carbocycles. The van der Waals surface area contributed by atoms with Crippen LogP contribution in [0.1, 0.15) is 17.2 Å². The summed E-state index contributed by atoms with van der Waals surface area (Å²) in [5.74, 6) is -2.29. The predicted octanol–water partition coefficient (Wildman–Crippen LogP) is 3.81. The Hall–Kier alpha value is -2.59. The molecule has 2 rings (SSSR count). The lowest BCUT2D eigenvalue weighted by molar-refractivity contribution is -0.386. The highest BCUT2D eigenvalue weighted by atomic mass is 35.5. The average molecular weight is 383 g/mol. The second-order valence-electron chi connectivity index (χ2n) is 4.71. The van der Waals surface area contributed by atoms with Crippen molar-refractivity contribution in [2.24, 2.45) is 5.73 Å². The lowest BCUT2D eigenvalue weighted by Gasteiger charge is -2.15. The molecule has 0 aliphatic carbocycles. The van der Waals surface area contributed by atoms with Gasteiger partial charge in [0.1, 0.15) is 11.6 Å². The minimum absolute atomic E-state index is 0. The summed E-state index contributed by atoms with van der Waals surface area (Å²) in [6.07, 6.45) is -4.86. The Morgan fingerprint density at radius 1 is 1.20 bits per heavy atom. The fourth-order valence-electron chi connectivity index (χ4n) is 2.04. The highest BCUT2D eigenvalue weighted by molar-refractivity contribution is 5.85. The molecule has 0 aliphatic heterocycles. The quantitative estimate of drug-likeness (QED) is 0.476. The predicted molar refractivity (Wildman–Crippen MR) is 81.1 cm³/mol. The van der Waals surface area contributed by atoms with Gasteiger partial charge in [-0.1, -0.05) is 12.1 Å². The Kier molecular flexibility index (Phi) is 6.16. The van der Waals surface area contributed by atoms with Crippen molar-refractivity contribution in [2.45, 2.75) is 12.4 Å². The fourth-order valence-corrected chi connectivity index (χ4v) is 2.04. The first-order valence-electron chi connectivity index (χ1n) is 6.36. The number of hydrogen-bond acceptors (Lipinski definition) is 5. The molecule has 2 aromatic carbocycles. The maximum Gasteiger partial charge on any atom is 0.573 e. The van der Waals surface area contributed by atoms with Gasteiger partial charge in [-0.05, 0) is 23.8 Å². The molecule has 0 bridgehead atoms. The summed E-state index contributed by atoms with van der Waals surface area (Å²) in [6, 6.07) is 4.45. The molecule has 0 heterocycles. The number of nitro benzene ring substituents is 1. The summed E-state index contributed by atoms with van der Waals surface area (Å²) in [7, 11) is 0. The van der Waals surface area contributed by atoms with Gasteiger partial charge in [-0.25, -0.2) is 4.39 Å². The molecule has 0 spiro atoms. The van der Waals surface area contributed by atoms with E-state index < -0.39 is 40.3 Å². The minimum atomic E-state index is -4.86. The molecule has 136 valence electrons. The molecular weight excluding hydrogens is 372 g/mol. The van der Waals surface area contributed by atoms with Gasteiger partial charge in [0.25, 0.3) is 0 Å². The monoisotopic (exact) mass is 382 g/mol. The molecule has 2 aromatic rings. The largest absolute Gasteiger partial charge is 0.573 e. The van der Waals surface area contributed by atoms with Crippen molar-refractivity contribution in [3.63, 3.8) is 0 Å². The number of rotatable bonds is 4. The average Bonchev–Trinajstić information content (AvgIpc) is 2.47. The van der Waals surface area contributed by atoms with Gasteiger partial charge in [-0.2, -0.15) is 0 Å². The van der Waals surface area contributed by atoms with Crippen molar-refractivity contribution in [2.75, 3.05) is 0 Å². The van der Waals surface area contributed by atoms with Crippen molar-refractivity contribution in [3.05, 3.63) is 63.5 Å². The van der Waals surface area contributed by atoms with Crippen LogP contribution in [0.2, 0.25) is 0 Å². The minimum Gasteiger partial charge on any atom is -0.502 e.